The first-order chi connectivity index (χ1) is 8.47. The van der Waals surface area contributed by atoms with Crippen molar-refractivity contribution in [3.05, 3.63) is 35.6 Å². The number of rotatable bonds is 3. The lowest BCUT2D eigenvalue weighted by atomic mass is 10.3. The molecule has 18 heavy (non-hydrogen) atoms. The molecule has 94 valence electrons. The molecule has 0 aliphatic carbocycles. The number of imidazole rings is 1. The van der Waals surface area contributed by atoms with E-state index in [9.17, 15) is 8.42 Å². The fourth-order valence-electron chi connectivity index (χ4n) is 1.17. The Balaban J connectivity index is 2.36. The smallest absolute Gasteiger partial charge is 0.296 e. The van der Waals surface area contributed by atoms with Crippen molar-refractivity contribution in [3.8, 4) is 0 Å². The van der Waals surface area contributed by atoms with Crippen LogP contribution in [0, 0.1) is 0 Å². The molecule has 9 heteroatoms. The minimum absolute atomic E-state index is 0.0885. The monoisotopic (exact) mass is 286 g/mol. The fourth-order valence-corrected chi connectivity index (χ4v) is 2.16. The van der Waals surface area contributed by atoms with Crippen LogP contribution in [0.3, 0.4) is 0 Å². The zero-order chi connectivity index (χ0) is 13.2. The van der Waals surface area contributed by atoms with Gasteiger partial charge in [-0.1, -0.05) is 11.6 Å². The van der Waals surface area contributed by atoms with Gasteiger partial charge in [-0.15, -0.1) is 10.2 Å². The molecule has 1 heterocycles. The third kappa shape index (κ3) is 2.92. The molecule has 0 radical (unpaired) electrons. The van der Waals surface area contributed by atoms with Crippen LogP contribution in [0.2, 0.25) is 5.02 Å². The van der Waals surface area contributed by atoms with Crippen LogP contribution in [0.4, 0.5) is 11.6 Å². The van der Waals surface area contributed by atoms with E-state index in [0.717, 1.165) is 6.07 Å². The van der Waals surface area contributed by atoms with Gasteiger partial charge in [-0.05, 0) is 18.2 Å². The number of aromatic nitrogens is 2. The third-order valence-electron chi connectivity index (χ3n) is 1.94. The minimum atomic E-state index is -4.39. The van der Waals surface area contributed by atoms with E-state index in [1.54, 1.807) is 6.20 Å². The summed E-state index contributed by atoms with van der Waals surface area (Å²) in [7, 11) is -4.39. The SMILES string of the molecule is O=S(=O)(O)c1cc(N=Nc2ncc[nH]2)ccc1Cl. The molecule has 1 aromatic heterocycles. The van der Waals surface area contributed by atoms with Crippen LogP contribution in [0.25, 0.3) is 0 Å². The maximum atomic E-state index is 11.0. The number of H-pyrrole nitrogens is 1. The predicted molar refractivity (Wildman–Crippen MR) is 64.0 cm³/mol. The molecule has 1 aromatic carbocycles. The molecule has 0 bridgehead atoms. The zero-order valence-corrected chi connectivity index (χ0v) is 10.4. The molecule has 0 spiro atoms. The molecule has 2 aromatic rings. The Morgan fingerprint density at radius 1 is 1.33 bits per heavy atom. The van der Waals surface area contributed by atoms with Gasteiger partial charge in [0.2, 0.25) is 5.95 Å². The molecule has 0 saturated carbocycles. The largest absolute Gasteiger partial charge is 0.328 e. The molecule has 0 unspecified atom stereocenters. The molecule has 2 rings (SSSR count). The van der Waals surface area contributed by atoms with Crippen LogP contribution < -0.4 is 0 Å². The number of halogens is 1. The lowest BCUT2D eigenvalue weighted by Gasteiger charge is -2.00. The average molecular weight is 287 g/mol. The van der Waals surface area contributed by atoms with Gasteiger partial charge in [-0.25, -0.2) is 4.98 Å². The highest BCUT2D eigenvalue weighted by Gasteiger charge is 2.14. The van der Waals surface area contributed by atoms with Gasteiger partial charge in [-0.3, -0.25) is 4.55 Å². The Hall–Kier alpha value is -1.77. The highest BCUT2D eigenvalue weighted by molar-refractivity contribution is 7.86. The minimum Gasteiger partial charge on any atom is -0.328 e. The normalized spacial score (nSPS) is 12.1. The molecule has 0 aliphatic rings. The molecule has 0 fully saturated rings. The third-order valence-corrected chi connectivity index (χ3v) is 3.27. The van der Waals surface area contributed by atoms with Crippen molar-refractivity contribution in [3.63, 3.8) is 0 Å². The topological polar surface area (TPSA) is 108 Å². The van der Waals surface area contributed by atoms with Crippen LogP contribution in [0.15, 0.2) is 45.7 Å². The van der Waals surface area contributed by atoms with Gasteiger partial charge in [0, 0.05) is 12.4 Å². The van der Waals surface area contributed by atoms with E-state index < -0.39 is 15.0 Å². The van der Waals surface area contributed by atoms with Crippen LogP contribution in [0.5, 0.6) is 0 Å². The number of hydrogen-bond donors (Lipinski definition) is 2. The number of nitrogens with zero attached hydrogens (tertiary/aromatic N) is 3. The van der Waals surface area contributed by atoms with Gasteiger partial charge in [0.25, 0.3) is 10.1 Å². The maximum absolute atomic E-state index is 11.0. The van der Waals surface area contributed by atoms with Gasteiger partial charge < -0.3 is 4.98 Å². The molecule has 2 N–H and O–H groups in total. The summed E-state index contributed by atoms with van der Waals surface area (Å²) in [6, 6.07) is 3.88. The van der Waals surface area contributed by atoms with Crippen molar-refractivity contribution in [1.29, 1.82) is 0 Å². The van der Waals surface area contributed by atoms with Gasteiger partial charge in [0.1, 0.15) is 4.90 Å². The van der Waals surface area contributed by atoms with Gasteiger partial charge in [0.15, 0.2) is 0 Å². The van der Waals surface area contributed by atoms with E-state index in [1.165, 1.54) is 18.3 Å². The summed E-state index contributed by atoms with van der Waals surface area (Å²) in [6.45, 7) is 0. The van der Waals surface area contributed by atoms with Crippen LogP contribution >= 0.6 is 11.6 Å². The average Bonchev–Trinajstić information content (AvgIpc) is 2.79. The number of benzene rings is 1. The van der Waals surface area contributed by atoms with Crippen LogP contribution in [-0.4, -0.2) is 22.9 Å². The molecule has 0 aliphatic heterocycles. The Bertz CT molecular complexity index is 682. The van der Waals surface area contributed by atoms with Crippen molar-refractivity contribution < 1.29 is 13.0 Å². The van der Waals surface area contributed by atoms with Crippen LogP contribution in [0.1, 0.15) is 0 Å². The van der Waals surface area contributed by atoms with Crippen molar-refractivity contribution >= 4 is 33.4 Å². The number of nitrogens with one attached hydrogen (secondary N) is 1. The van der Waals surface area contributed by atoms with Crippen molar-refractivity contribution in [2.75, 3.05) is 0 Å². The summed E-state index contributed by atoms with van der Waals surface area (Å²) >= 11 is 5.65. The maximum Gasteiger partial charge on any atom is 0.296 e. The standard InChI is InChI=1S/C9H7ClN4O3S/c10-7-2-1-6(5-8(7)18(15,16)17)13-14-9-11-3-4-12-9/h1-5H,(H,11,12)(H,15,16,17). The fraction of sp³-hybridized carbons (Fsp3) is 0. The summed E-state index contributed by atoms with van der Waals surface area (Å²) in [5.41, 5.74) is 0.225. The summed E-state index contributed by atoms with van der Waals surface area (Å²) in [5, 5.41) is 7.40. The molecule has 7 nitrogen and oxygen atoms in total. The highest BCUT2D eigenvalue weighted by Crippen LogP contribution is 2.26. The predicted octanol–water partition coefficient (Wildman–Crippen LogP) is 2.73. The Morgan fingerprint density at radius 2 is 2.11 bits per heavy atom. The molecule has 0 amide bonds. The molecule has 0 saturated heterocycles. The zero-order valence-electron chi connectivity index (χ0n) is 8.78. The first-order valence-electron chi connectivity index (χ1n) is 4.65. The van der Waals surface area contributed by atoms with E-state index in [4.69, 9.17) is 16.2 Å². The van der Waals surface area contributed by atoms with E-state index >= 15 is 0 Å². The lowest BCUT2D eigenvalue weighted by Crippen LogP contribution is -1.98. The quantitative estimate of drug-likeness (QED) is 0.668. The summed E-state index contributed by atoms with van der Waals surface area (Å²) in [6.07, 6.45) is 3.07. The second-order valence-corrected chi connectivity index (χ2v) is 5.00. The van der Waals surface area contributed by atoms with Crippen molar-refractivity contribution in [2.45, 2.75) is 4.90 Å². The number of azo groups is 1. The van der Waals surface area contributed by atoms with Gasteiger partial charge >= 0.3 is 0 Å². The Morgan fingerprint density at radius 3 is 2.72 bits per heavy atom. The van der Waals surface area contributed by atoms with E-state index in [0.29, 0.717) is 0 Å². The molecular weight excluding hydrogens is 280 g/mol. The number of hydrogen-bond acceptors (Lipinski definition) is 5. The van der Waals surface area contributed by atoms with Crippen molar-refractivity contribution in [2.24, 2.45) is 10.2 Å². The Kier molecular flexibility index (Phi) is 3.41. The second kappa shape index (κ2) is 4.84. The summed E-state index contributed by atoms with van der Waals surface area (Å²) in [5.74, 6) is 0.276. The van der Waals surface area contributed by atoms with Gasteiger partial charge in [0.05, 0.1) is 10.7 Å². The summed E-state index contributed by atoms with van der Waals surface area (Å²) in [4.78, 5) is 6.09. The molecule has 0 atom stereocenters. The second-order valence-electron chi connectivity index (χ2n) is 3.20. The van der Waals surface area contributed by atoms with Crippen molar-refractivity contribution in [1.82, 2.24) is 9.97 Å². The van der Waals surface area contributed by atoms with Crippen LogP contribution in [-0.2, 0) is 10.1 Å². The Labute approximate surface area is 107 Å². The first kappa shape index (κ1) is 12.7. The summed E-state index contributed by atoms with van der Waals surface area (Å²) < 4.78 is 31.0. The van der Waals surface area contributed by atoms with E-state index in [-0.39, 0.29) is 16.7 Å². The molecular formula is C9H7ClN4O3S. The lowest BCUT2D eigenvalue weighted by molar-refractivity contribution is 0.483. The van der Waals surface area contributed by atoms with E-state index in [1.807, 2.05) is 0 Å². The first-order valence-corrected chi connectivity index (χ1v) is 6.47. The highest BCUT2D eigenvalue weighted by atomic mass is 35.5. The van der Waals surface area contributed by atoms with Gasteiger partial charge in [-0.2, -0.15) is 8.42 Å². The number of aromatic amines is 1. The van der Waals surface area contributed by atoms with E-state index in [2.05, 4.69) is 20.2 Å².